The van der Waals surface area contributed by atoms with Gasteiger partial charge in [0, 0.05) is 36.6 Å². The van der Waals surface area contributed by atoms with Crippen molar-refractivity contribution in [2.24, 2.45) is 0 Å². The van der Waals surface area contributed by atoms with E-state index in [-0.39, 0.29) is 17.7 Å². The van der Waals surface area contributed by atoms with Crippen LogP contribution in [0.3, 0.4) is 0 Å². The van der Waals surface area contributed by atoms with Gasteiger partial charge in [-0.2, -0.15) is 0 Å². The van der Waals surface area contributed by atoms with E-state index in [0.29, 0.717) is 54.6 Å². The van der Waals surface area contributed by atoms with Gasteiger partial charge in [-0.1, -0.05) is 47.9 Å². The average molecular weight is 537 g/mol. The molecule has 1 aliphatic heterocycles. The number of ether oxygens (including phenoxy) is 1. The molecule has 0 spiro atoms. The molecule has 2 heterocycles. The molecular weight excluding hydrogens is 508 g/mol. The van der Waals surface area contributed by atoms with E-state index in [1.54, 1.807) is 35.2 Å². The summed E-state index contributed by atoms with van der Waals surface area (Å²) in [5.41, 5.74) is 1.99. The van der Waals surface area contributed by atoms with Crippen molar-refractivity contribution < 1.29 is 19.1 Å². The van der Waals surface area contributed by atoms with Gasteiger partial charge in [0.15, 0.2) is 5.13 Å². The summed E-state index contributed by atoms with van der Waals surface area (Å²) in [7, 11) is 1.55. The Morgan fingerprint density at radius 2 is 1.84 bits per heavy atom. The SMILES string of the molecule is C=CC(=O)N1CCCN(C(=O)c2cc(Sc3cnc(NC(=O)c4ccccc4)s3)c(C)cc2OC)CC1. The van der Waals surface area contributed by atoms with Gasteiger partial charge in [-0.3, -0.25) is 19.7 Å². The number of anilines is 1. The summed E-state index contributed by atoms with van der Waals surface area (Å²) in [6.07, 6.45) is 3.71. The zero-order chi connectivity index (χ0) is 26.4. The van der Waals surface area contributed by atoms with Crippen LogP contribution >= 0.6 is 23.1 Å². The lowest BCUT2D eigenvalue weighted by atomic mass is 10.1. The molecule has 1 N–H and O–H groups in total. The molecule has 1 fully saturated rings. The Morgan fingerprint density at radius 3 is 2.57 bits per heavy atom. The first kappa shape index (κ1) is 26.4. The minimum atomic E-state index is -0.217. The number of nitrogens with zero attached hydrogens (tertiary/aromatic N) is 3. The van der Waals surface area contributed by atoms with Gasteiger partial charge in [-0.25, -0.2) is 4.98 Å². The van der Waals surface area contributed by atoms with Crippen LogP contribution in [0.1, 0.15) is 32.7 Å². The van der Waals surface area contributed by atoms with Gasteiger partial charge in [0.25, 0.3) is 11.8 Å². The third kappa shape index (κ3) is 6.39. The van der Waals surface area contributed by atoms with E-state index < -0.39 is 0 Å². The highest BCUT2D eigenvalue weighted by atomic mass is 32.2. The first-order chi connectivity index (χ1) is 17.9. The van der Waals surface area contributed by atoms with Crippen LogP contribution in [0.2, 0.25) is 0 Å². The maximum atomic E-state index is 13.5. The molecule has 0 radical (unpaired) electrons. The summed E-state index contributed by atoms with van der Waals surface area (Å²) in [6.45, 7) is 7.57. The zero-order valence-electron chi connectivity index (χ0n) is 20.7. The quantitative estimate of drug-likeness (QED) is 0.439. The monoisotopic (exact) mass is 536 g/mol. The predicted molar refractivity (Wildman–Crippen MR) is 146 cm³/mol. The minimum Gasteiger partial charge on any atom is -0.496 e. The van der Waals surface area contributed by atoms with Crippen molar-refractivity contribution in [2.45, 2.75) is 22.4 Å². The predicted octanol–water partition coefficient (Wildman–Crippen LogP) is 4.72. The summed E-state index contributed by atoms with van der Waals surface area (Å²) in [4.78, 5) is 46.7. The molecular formula is C27H28N4O4S2. The van der Waals surface area contributed by atoms with Gasteiger partial charge >= 0.3 is 0 Å². The van der Waals surface area contributed by atoms with Crippen LogP contribution in [0.4, 0.5) is 5.13 Å². The Labute approximate surface area is 224 Å². The molecule has 0 unspecified atom stereocenters. The first-order valence-corrected chi connectivity index (χ1v) is 13.4. The summed E-state index contributed by atoms with van der Waals surface area (Å²) < 4.78 is 6.43. The summed E-state index contributed by atoms with van der Waals surface area (Å²) in [5.74, 6) is 0.0394. The highest BCUT2D eigenvalue weighted by Crippen LogP contribution is 2.38. The number of amides is 3. The molecule has 37 heavy (non-hydrogen) atoms. The Kier molecular flexibility index (Phi) is 8.62. The molecule has 2 aromatic carbocycles. The number of nitrogens with one attached hydrogen (secondary N) is 1. The van der Waals surface area contributed by atoms with Crippen LogP contribution < -0.4 is 10.1 Å². The molecule has 3 aromatic rings. The standard InChI is InChI=1S/C27H28N4O4S2/c1-4-23(32)30-11-8-12-31(14-13-30)26(34)20-16-22(18(2)15-21(20)35-3)36-24-17-28-27(37-24)29-25(33)19-9-6-5-7-10-19/h4-7,9-10,15-17H,1,8,11-14H2,2-3H3,(H,28,29,33). The maximum Gasteiger partial charge on any atom is 0.257 e. The smallest absolute Gasteiger partial charge is 0.257 e. The molecule has 10 heteroatoms. The maximum absolute atomic E-state index is 13.5. The van der Waals surface area contributed by atoms with Gasteiger partial charge in [-0.05, 0) is 49.2 Å². The van der Waals surface area contributed by atoms with E-state index in [9.17, 15) is 14.4 Å². The topological polar surface area (TPSA) is 91.8 Å². The highest BCUT2D eigenvalue weighted by molar-refractivity contribution is 8.01. The number of methoxy groups -OCH3 is 1. The van der Waals surface area contributed by atoms with Crippen molar-refractivity contribution in [2.75, 3.05) is 38.6 Å². The van der Waals surface area contributed by atoms with Crippen LogP contribution in [-0.2, 0) is 4.79 Å². The Bertz CT molecular complexity index is 1310. The highest BCUT2D eigenvalue weighted by Gasteiger charge is 2.25. The van der Waals surface area contributed by atoms with Crippen molar-refractivity contribution in [3.05, 3.63) is 78.0 Å². The molecule has 8 nitrogen and oxygen atoms in total. The Balaban J connectivity index is 1.50. The minimum absolute atomic E-state index is 0.121. The van der Waals surface area contributed by atoms with Crippen molar-refractivity contribution in [3.63, 3.8) is 0 Å². The van der Waals surface area contributed by atoms with E-state index >= 15 is 0 Å². The summed E-state index contributed by atoms with van der Waals surface area (Å²) >= 11 is 2.85. The van der Waals surface area contributed by atoms with Gasteiger partial charge in [0.1, 0.15) is 5.75 Å². The lowest BCUT2D eigenvalue weighted by Crippen LogP contribution is -2.36. The number of hydrogen-bond acceptors (Lipinski definition) is 7. The number of aryl methyl sites for hydroxylation is 1. The Hall–Kier alpha value is -3.63. The van der Waals surface area contributed by atoms with E-state index in [4.69, 9.17) is 4.74 Å². The molecule has 0 bridgehead atoms. The number of rotatable bonds is 7. The molecule has 0 atom stereocenters. The number of benzene rings is 2. The van der Waals surface area contributed by atoms with Gasteiger partial charge in [0.05, 0.1) is 23.1 Å². The van der Waals surface area contributed by atoms with Crippen molar-refractivity contribution in [1.29, 1.82) is 0 Å². The second-order valence-corrected chi connectivity index (χ2v) is 10.8. The molecule has 1 aromatic heterocycles. The first-order valence-electron chi connectivity index (χ1n) is 11.8. The zero-order valence-corrected chi connectivity index (χ0v) is 22.4. The number of hydrogen-bond donors (Lipinski definition) is 1. The molecule has 4 rings (SSSR count). The lowest BCUT2D eigenvalue weighted by molar-refractivity contribution is -0.125. The van der Waals surface area contributed by atoms with Gasteiger partial charge in [0.2, 0.25) is 5.91 Å². The third-order valence-corrected chi connectivity index (χ3v) is 8.12. The lowest BCUT2D eigenvalue weighted by Gasteiger charge is -2.23. The summed E-state index contributed by atoms with van der Waals surface area (Å²) in [6, 6.07) is 12.7. The molecule has 0 saturated carbocycles. The number of thiazole rings is 1. The number of carbonyl (C=O) groups excluding carboxylic acids is 3. The van der Waals surface area contributed by atoms with Crippen LogP contribution in [0.25, 0.3) is 0 Å². The largest absolute Gasteiger partial charge is 0.496 e. The van der Waals surface area contributed by atoms with Crippen molar-refractivity contribution in [3.8, 4) is 5.75 Å². The van der Waals surface area contributed by atoms with E-state index in [0.717, 1.165) is 14.7 Å². The molecule has 192 valence electrons. The second kappa shape index (κ2) is 12.1. The van der Waals surface area contributed by atoms with Crippen molar-refractivity contribution in [1.82, 2.24) is 14.8 Å². The normalized spacial score (nSPS) is 13.6. The average Bonchev–Trinajstić information content (AvgIpc) is 3.20. The number of aromatic nitrogens is 1. The molecule has 1 saturated heterocycles. The van der Waals surface area contributed by atoms with Gasteiger partial charge in [-0.15, -0.1) is 0 Å². The molecule has 0 aliphatic carbocycles. The van der Waals surface area contributed by atoms with Crippen LogP contribution in [0.5, 0.6) is 5.75 Å². The van der Waals surface area contributed by atoms with E-state index in [1.807, 2.05) is 37.3 Å². The van der Waals surface area contributed by atoms with Crippen LogP contribution in [-0.4, -0.2) is 65.8 Å². The van der Waals surface area contributed by atoms with E-state index in [2.05, 4.69) is 16.9 Å². The fourth-order valence-corrected chi connectivity index (χ4v) is 5.92. The van der Waals surface area contributed by atoms with Crippen molar-refractivity contribution >= 4 is 46.0 Å². The second-order valence-electron chi connectivity index (χ2n) is 8.40. The molecule has 1 aliphatic rings. The summed E-state index contributed by atoms with van der Waals surface area (Å²) in [5, 5.41) is 3.33. The fraction of sp³-hybridized carbons (Fsp3) is 0.259. The Morgan fingerprint density at radius 1 is 1.11 bits per heavy atom. The molecule has 3 amide bonds. The van der Waals surface area contributed by atoms with Gasteiger partial charge < -0.3 is 14.5 Å². The number of carbonyl (C=O) groups is 3. The third-order valence-electron chi connectivity index (χ3n) is 5.95. The fourth-order valence-electron chi connectivity index (χ4n) is 3.98. The van der Waals surface area contributed by atoms with E-state index in [1.165, 1.54) is 29.2 Å². The van der Waals surface area contributed by atoms with Crippen LogP contribution in [0.15, 0.2) is 70.4 Å². The van der Waals surface area contributed by atoms with Crippen LogP contribution in [0, 0.1) is 6.92 Å².